The summed E-state index contributed by atoms with van der Waals surface area (Å²) in [6.45, 7) is 6.53. The number of unbranched alkanes of at least 4 members (excludes halogenated alkanes) is 4. The predicted octanol–water partition coefficient (Wildman–Crippen LogP) is 3.34. The molecule has 2 heterocycles. The van der Waals surface area contributed by atoms with E-state index in [4.69, 9.17) is 5.73 Å². The maximum Gasteiger partial charge on any atom is 0.254 e. The molecule has 0 saturated carbocycles. The molecule has 0 amide bonds. The zero-order valence-electron chi connectivity index (χ0n) is 12.8. The van der Waals surface area contributed by atoms with Crippen LogP contribution in [-0.4, -0.2) is 19.6 Å². The average molecular weight is 275 g/mol. The third kappa shape index (κ3) is 3.08. The highest BCUT2D eigenvalue weighted by atomic mass is 15.3. The molecule has 0 atom stereocenters. The second-order valence-corrected chi connectivity index (χ2v) is 5.65. The summed E-state index contributed by atoms with van der Waals surface area (Å²) in [6.07, 6.45) is 8.77. The van der Waals surface area contributed by atoms with Crippen LogP contribution >= 0.6 is 0 Å². The summed E-state index contributed by atoms with van der Waals surface area (Å²) in [6, 6.07) is 0. The first-order chi connectivity index (χ1) is 9.65. The molecule has 0 fully saturated rings. The molecule has 0 bridgehead atoms. The summed E-state index contributed by atoms with van der Waals surface area (Å²) in [7, 11) is 0. The standard InChI is InChI=1S/C15H25N5/c1-4-5-6-7-8-9-12-13(11(2)3)19-15-17-10-18-20(15)14(12)16/h10-11H,4-9,16H2,1-3H3. The Balaban J connectivity index is 2.20. The van der Waals surface area contributed by atoms with Gasteiger partial charge in [0.2, 0.25) is 0 Å². The number of nitrogen functional groups attached to an aromatic ring is 1. The molecule has 0 aliphatic carbocycles. The van der Waals surface area contributed by atoms with Crippen LogP contribution in [0.4, 0.5) is 5.82 Å². The average Bonchev–Trinajstić information content (AvgIpc) is 2.89. The molecule has 2 aromatic rings. The monoisotopic (exact) mass is 275 g/mol. The van der Waals surface area contributed by atoms with E-state index < -0.39 is 0 Å². The van der Waals surface area contributed by atoms with Gasteiger partial charge in [0.1, 0.15) is 12.1 Å². The number of fused-ring (bicyclic) bond motifs is 1. The van der Waals surface area contributed by atoms with Crippen molar-refractivity contribution >= 4 is 11.6 Å². The number of rotatable bonds is 7. The Bertz CT molecular complexity index is 559. The third-order valence-corrected chi connectivity index (χ3v) is 3.67. The minimum Gasteiger partial charge on any atom is -0.383 e. The van der Waals surface area contributed by atoms with E-state index in [2.05, 4.69) is 35.8 Å². The van der Waals surface area contributed by atoms with Crippen LogP contribution in [0.2, 0.25) is 0 Å². The van der Waals surface area contributed by atoms with Gasteiger partial charge in [0.25, 0.3) is 5.78 Å². The lowest BCUT2D eigenvalue weighted by Gasteiger charge is -2.14. The Labute approximate surface area is 120 Å². The molecule has 0 aliphatic heterocycles. The molecule has 0 saturated heterocycles. The van der Waals surface area contributed by atoms with Crippen LogP contribution in [0.5, 0.6) is 0 Å². The molecule has 0 aliphatic rings. The smallest absolute Gasteiger partial charge is 0.254 e. The number of aromatic nitrogens is 4. The van der Waals surface area contributed by atoms with Gasteiger partial charge in [0.05, 0.1) is 5.69 Å². The largest absolute Gasteiger partial charge is 0.383 e. The quantitative estimate of drug-likeness (QED) is 0.787. The Morgan fingerprint density at radius 3 is 2.65 bits per heavy atom. The van der Waals surface area contributed by atoms with Crippen LogP contribution < -0.4 is 5.73 Å². The van der Waals surface area contributed by atoms with E-state index in [1.54, 1.807) is 4.52 Å². The summed E-state index contributed by atoms with van der Waals surface area (Å²) in [5.41, 5.74) is 8.48. The van der Waals surface area contributed by atoms with Crippen molar-refractivity contribution < 1.29 is 0 Å². The number of anilines is 1. The SMILES string of the molecule is CCCCCCCc1c(C(C)C)nc2ncnn2c1N. The molecule has 20 heavy (non-hydrogen) atoms. The molecule has 0 unspecified atom stereocenters. The van der Waals surface area contributed by atoms with Crippen molar-refractivity contribution in [1.29, 1.82) is 0 Å². The molecule has 110 valence electrons. The van der Waals surface area contributed by atoms with Crippen molar-refractivity contribution in [1.82, 2.24) is 19.6 Å². The lowest BCUT2D eigenvalue weighted by molar-refractivity contribution is 0.626. The maximum atomic E-state index is 6.26. The van der Waals surface area contributed by atoms with Crippen molar-refractivity contribution in [3.8, 4) is 0 Å². The molecule has 0 aromatic carbocycles. The molecule has 2 N–H and O–H groups in total. The van der Waals surface area contributed by atoms with Crippen LogP contribution in [0.1, 0.15) is 70.1 Å². The van der Waals surface area contributed by atoms with Crippen molar-refractivity contribution in [2.75, 3.05) is 5.73 Å². The maximum absolute atomic E-state index is 6.26. The van der Waals surface area contributed by atoms with E-state index in [1.165, 1.54) is 32.0 Å². The minimum absolute atomic E-state index is 0.352. The summed E-state index contributed by atoms with van der Waals surface area (Å²) >= 11 is 0. The summed E-state index contributed by atoms with van der Waals surface area (Å²) in [5.74, 6) is 1.65. The third-order valence-electron chi connectivity index (χ3n) is 3.67. The second kappa shape index (κ2) is 6.68. The summed E-state index contributed by atoms with van der Waals surface area (Å²) < 4.78 is 1.65. The lowest BCUT2D eigenvalue weighted by Crippen LogP contribution is -2.11. The van der Waals surface area contributed by atoms with Gasteiger partial charge in [-0.25, -0.2) is 4.98 Å². The van der Waals surface area contributed by atoms with E-state index in [1.807, 2.05) is 0 Å². The highest BCUT2D eigenvalue weighted by Crippen LogP contribution is 2.25. The highest BCUT2D eigenvalue weighted by Gasteiger charge is 2.16. The Kier molecular flexibility index (Phi) is 4.93. The molecule has 5 heteroatoms. The van der Waals surface area contributed by atoms with Crippen molar-refractivity contribution in [2.24, 2.45) is 0 Å². The van der Waals surface area contributed by atoms with E-state index in [0.717, 1.165) is 24.1 Å². The van der Waals surface area contributed by atoms with Crippen molar-refractivity contribution in [3.63, 3.8) is 0 Å². The van der Waals surface area contributed by atoms with Gasteiger partial charge in [-0.05, 0) is 18.8 Å². The molecule has 2 aromatic heterocycles. The van der Waals surface area contributed by atoms with Crippen molar-refractivity contribution in [3.05, 3.63) is 17.6 Å². The van der Waals surface area contributed by atoms with Gasteiger partial charge in [-0.1, -0.05) is 46.5 Å². The van der Waals surface area contributed by atoms with Gasteiger partial charge in [-0.2, -0.15) is 14.6 Å². The molecular formula is C15H25N5. The van der Waals surface area contributed by atoms with E-state index in [9.17, 15) is 0 Å². The van der Waals surface area contributed by atoms with E-state index >= 15 is 0 Å². The Hall–Kier alpha value is -1.65. The van der Waals surface area contributed by atoms with E-state index in [-0.39, 0.29) is 0 Å². The molecular weight excluding hydrogens is 250 g/mol. The zero-order chi connectivity index (χ0) is 14.5. The van der Waals surface area contributed by atoms with Crippen LogP contribution in [0.3, 0.4) is 0 Å². The lowest BCUT2D eigenvalue weighted by atomic mass is 9.99. The fourth-order valence-corrected chi connectivity index (χ4v) is 2.55. The van der Waals surface area contributed by atoms with Crippen LogP contribution in [0.15, 0.2) is 6.33 Å². The minimum atomic E-state index is 0.352. The first kappa shape index (κ1) is 14.8. The van der Waals surface area contributed by atoms with Crippen LogP contribution in [0, 0.1) is 0 Å². The van der Waals surface area contributed by atoms with Gasteiger partial charge < -0.3 is 5.73 Å². The van der Waals surface area contributed by atoms with Gasteiger partial charge >= 0.3 is 0 Å². The predicted molar refractivity (Wildman–Crippen MR) is 81.7 cm³/mol. The number of nitrogens with zero attached hydrogens (tertiary/aromatic N) is 4. The fourth-order valence-electron chi connectivity index (χ4n) is 2.55. The van der Waals surface area contributed by atoms with Gasteiger partial charge in [-0.15, -0.1) is 0 Å². The molecule has 2 rings (SSSR count). The van der Waals surface area contributed by atoms with E-state index in [0.29, 0.717) is 17.5 Å². The summed E-state index contributed by atoms with van der Waals surface area (Å²) in [5, 5.41) is 4.16. The second-order valence-electron chi connectivity index (χ2n) is 5.65. The van der Waals surface area contributed by atoms with Crippen molar-refractivity contribution in [2.45, 2.75) is 65.2 Å². The van der Waals surface area contributed by atoms with Gasteiger partial charge in [0.15, 0.2) is 0 Å². The van der Waals surface area contributed by atoms with Gasteiger partial charge in [0, 0.05) is 5.56 Å². The number of hydrogen-bond acceptors (Lipinski definition) is 4. The normalized spacial score (nSPS) is 11.6. The van der Waals surface area contributed by atoms with Crippen LogP contribution in [-0.2, 0) is 6.42 Å². The number of hydrogen-bond donors (Lipinski definition) is 1. The summed E-state index contributed by atoms with van der Waals surface area (Å²) in [4.78, 5) is 8.77. The fraction of sp³-hybridized carbons (Fsp3) is 0.667. The topological polar surface area (TPSA) is 69.1 Å². The first-order valence-corrected chi connectivity index (χ1v) is 7.63. The number of nitrogens with two attached hydrogens (primary N) is 1. The Morgan fingerprint density at radius 1 is 1.20 bits per heavy atom. The van der Waals surface area contributed by atoms with Gasteiger partial charge in [-0.3, -0.25) is 0 Å². The molecule has 0 spiro atoms. The highest BCUT2D eigenvalue weighted by molar-refractivity contribution is 5.50. The first-order valence-electron chi connectivity index (χ1n) is 7.63. The Morgan fingerprint density at radius 2 is 1.95 bits per heavy atom. The van der Waals surface area contributed by atoms with Crippen LogP contribution in [0.25, 0.3) is 5.78 Å². The molecule has 5 nitrogen and oxygen atoms in total. The zero-order valence-corrected chi connectivity index (χ0v) is 12.8. The molecule has 0 radical (unpaired) electrons.